The van der Waals surface area contributed by atoms with E-state index in [1.165, 1.54) is 13.8 Å². The Labute approximate surface area is 285 Å². The minimum Gasteiger partial charge on any atom is -0.368 e. The average molecular weight is 670 g/mol. The minimum absolute atomic E-state index is 0.253. The van der Waals surface area contributed by atoms with Crippen molar-refractivity contribution in [3.63, 3.8) is 0 Å². The lowest BCUT2D eigenvalue weighted by atomic mass is 10.0. The summed E-state index contributed by atoms with van der Waals surface area (Å²) in [6.45, 7) is 3.92. The smallest absolute Gasteiger partial charge is 0.318 e. The van der Waals surface area contributed by atoms with Crippen molar-refractivity contribution in [2.24, 2.45) is 5.73 Å². The van der Waals surface area contributed by atoms with Gasteiger partial charge in [-0.15, -0.1) is 0 Å². The first kappa shape index (κ1) is 36.1. The molecular formula is C36H43N7O6. The molecule has 0 spiro atoms. The number of piperidine rings is 1. The van der Waals surface area contributed by atoms with Crippen LogP contribution < -0.4 is 21.8 Å². The maximum absolute atomic E-state index is 13.5. The van der Waals surface area contributed by atoms with Crippen molar-refractivity contribution < 1.29 is 28.8 Å². The van der Waals surface area contributed by atoms with Crippen LogP contribution in [0.3, 0.4) is 0 Å². The number of rotatable bonds is 12. The molecule has 0 bridgehead atoms. The third-order valence-electron chi connectivity index (χ3n) is 8.09. The molecule has 1 fully saturated rings. The summed E-state index contributed by atoms with van der Waals surface area (Å²) in [5.41, 5.74) is 9.43. The highest BCUT2D eigenvalue weighted by Gasteiger charge is 2.26. The van der Waals surface area contributed by atoms with Gasteiger partial charge in [0.1, 0.15) is 18.6 Å². The fourth-order valence-corrected chi connectivity index (χ4v) is 5.39. The molecule has 13 nitrogen and oxygen atoms in total. The Morgan fingerprint density at radius 1 is 0.755 bits per heavy atom. The molecular weight excluding hydrogens is 626 g/mol. The van der Waals surface area contributed by atoms with Gasteiger partial charge in [-0.25, -0.2) is 9.80 Å². The van der Waals surface area contributed by atoms with Crippen LogP contribution in [0, 0.1) is 0 Å². The predicted octanol–water partition coefficient (Wildman–Crippen LogP) is 2.36. The van der Waals surface area contributed by atoms with Crippen molar-refractivity contribution in [2.45, 2.75) is 58.3 Å². The summed E-state index contributed by atoms with van der Waals surface area (Å²) in [6, 6.07) is 20.6. The zero-order valence-electron chi connectivity index (χ0n) is 27.8. The van der Waals surface area contributed by atoms with E-state index >= 15 is 0 Å². The summed E-state index contributed by atoms with van der Waals surface area (Å²) in [7, 11) is 0. The number of nitrogens with zero attached hydrogens (tertiary/aromatic N) is 3. The first-order valence-corrected chi connectivity index (χ1v) is 16.3. The average Bonchev–Trinajstić information content (AvgIpc) is 3.10. The number of likely N-dealkylation sites (tertiary alicyclic amines) is 1. The van der Waals surface area contributed by atoms with Gasteiger partial charge in [0.15, 0.2) is 0 Å². The number of hydrogen-bond acceptors (Lipinski definition) is 6. The number of fused-ring (bicyclic) bond motifs is 1. The van der Waals surface area contributed by atoms with Crippen molar-refractivity contribution in [3.8, 4) is 0 Å². The van der Waals surface area contributed by atoms with E-state index in [1.807, 2.05) is 72.8 Å². The molecule has 49 heavy (non-hydrogen) atoms. The standard InChI is InChI=1S/C36H43N7O6/c1-25(39-36(49)41-20-9-4-10-21-41)34(47)38-26(2)35(48)40-43(24-31(37)44)33(46)19-18-32(45)42(22-27-12-5-3-6-13-27)23-29-16-11-15-28-14-7-8-17-30(28)29/h3,5-8,11-19,25-26H,4,9-10,20-24H2,1-2H3,(H2,37,44)(H,38,47)(H,39,49)(H,40,48)/b19-18+/t25-,26-/m0/s1. The first-order valence-electron chi connectivity index (χ1n) is 16.3. The van der Waals surface area contributed by atoms with Gasteiger partial charge >= 0.3 is 6.03 Å². The van der Waals surface area contributed by atoms with Crippen molar-refractivity contribution in [3.05, 3.63) is 96.1 Å². The molecule has 1 aliphatic heterocycles. The number of nitrogens with two attached hydrogens (primary N) is 1. The summed E-state index contributed by atoms with van der Waals surface area (Å²) in [6.07, 6.45) is 4.87. The lowest BCUT2D eigenvalue weighted by molar-refractivity contribution is -0.142. The number of carbonyl (C=O) groups excluding carboxylic acids is 6. The summed E-state index contributed by atoms with van der Waals surface area (Å²) in [5, 5.41) is 7.81. The zero-order valence-corrected chi connectivity index (χ0v) is 27.8. The molecule has 1 aliphatic rings. The molecule has 1 saturated heterocycles. The fourth-order valence-electron chi connectivity index (χ4n) is 5.39. The molecule has 13 heteroatoms. The van der Waals surface area contributed by atoms with Gasteiger partial charge in [-0.05, 0) is 55.0 Å². The highest BCUT2D eigenvalue weighted by atomic mass is 16.2. The van der Waals surface area contributed by atoms with Gasteiger partial charge in [0.25, 0.3) is 11.8 Å². The highest BCUT2D eigenvalue weighted by molar-refractivity contribution is 5.99. The lowest BCUT2D eigenvalue weighted by Gasteiger charge is -2.28. The number of benzene rings is 3. The molecule has 0 aromatic heterocycles. The van der Waals surface area contributed by atoms with Crippen LogP contribution in [0.15, 0.2) is 84.9 Å². The van der Waals surface area contributed by atoms with Crippen LogP contribution in [-0.2, 0) is 37.1 Å². The number of nitrogens with one attached hydrogen (secondary N) is 3. The van der Waals surface area contributed by atoms with E-state index in [4.69, 9.17) is 5.73 Å². The van der Waals surface area contributed by atoms with E-state index in [9.17, 15) is 28.8 Å². The van der Waals surface area contributed by atoms with E-state index in [-0.39, 0.29) is 19.1 Å². The first-order chi connectivity index (χ1) is 23.5. The van der Waals surface area contributed by atoms with Crippen molar-refractivity contribution >= 4 is 46.3 Å². The highest BCUT2D eigenvalue weighted by Crippen LogP contribution is 2.21. The van der Waals surface area contributed by atoms with Crippen LogP contribution >= 0.6 is 0 Å². The Balaban J connectivity index is 1.41. The van der Waals surface area contributed by atoms with Crippen LogP contribution in [0.25, 0.3) is 10.8 Å². The molecule has 3 aromatic rings. The second-order valence-corrected chi connectivity index (χ2v) is 12.0. The predicted molar refractivity (Wildman–Crippen MR) is 184 cm³/mol. The third kappa shape index (κ3) is 10.6. The van der Waals surface area contributed by atoms with Crippen LogP contribution in [0.4, 0.5) is 4.79 Å². The van der Waals surface area contributed by atoms with Crippen LogP contribution in [0.5, 0.6) is 0 Å². The molecule has 0 aliphatic carbocycles. The van der Waals surface area contributed by atoms with E-state index in [0.717, 1.165) is 53.3 Å². The molecule has 2 atom stereocenters. The summed E-state index contributed by atoms with van der Waals surface area (Å²) >= 11 is 0. The van der Waals surface area contributed by atoms with Gasteiger partial charge < -0.3 is 26.2 Å². The second-order valence-electron chi connectivity index (χ2n) is 12.0. The van der Waals surface area contributed by atoms with E-state index in [0.29, 0.717) is 18.1 Å². The van der Waals surface area contributed by atoms with Crippen LogP contribution in [-0.4, -0.2) is 82.1 Å². The van der Waals surface area contributed by atoms with E-state index < -0.39 is 48.2 Å². The molecule has 0 radical (unpaired) electrons. The Morgan fingerprint density at radius 3 is 2.10 bits per heavy atom. The number of amides is 7. The van der Waals surface area contributed by atoms with Crippen molar-refractivity contribution in [1.82, 2.24) is 30.9 Å². The van der Waals surface area contributed by atoms with Crippen LogP contribution in [0.2, 0.25) is 0 Å². The number of hydrazine groups is 1. The van der Waals surface area contributed by atoms with Gasteiger partial charge in [0, 0.05) is 38.3 Å². The molecule has 7 amide bonds. The number of hydrogen-bond donors (Lipinski definition) is 4. The quantitative estimate of drug-likeness (QED) is 0.170. The summed E-state index contributed by atoms with van der Waals surface area (Å²) in [4.78, 5) is 79.9. The zero-order chi connectivity index (χ0) is 35.3. The third-order valence-corrected chi connectivity index (χ3v) is 8.09. The topological polar surface area (TPSA) is 174 Å². The molecule has 5 N–H and O–H groups in total. The molecule has 0 saturated carbocycles. The van der Waals surface area contributed by atoms with Crippen molar-refractivity contribution in [2.75, 3.05) is 19.6 Å². The maximum Gasteiger partial charge on any atom is 0.318 e. The Kier molecular flexibility index (Phi) is 12.9. The maximum atomic E-state index is 13.5. The van der Waals surface area contributed by atoms with E-state index in [2.05, 4.69) is 16.1 Å². The SMILES string of the molecule is C[C@H](NC(=O)[C@H](C)NC(=O)N1CCCCC1)C(=O)NN(CC(N)=O)C(=O)/C=C/C(=O)N(Cc1ccccc1)Cc1cccc2ccccc12. The normalized spacial score (nSPS) is 14.0. The van der Waals surface area contributed by atoms with Gasteiger partial charge in [-0.1, -0.05) is 72.8 Å². The van der Waals surface area contributed by atoms with Gasteiger partial charge in [0.05, 0.1) is 0 Å². The molecule has 1 heterocycles. The van der Waals surface area contributed by atoms with Gasteiger partial charge in [-0.2, -0.15) is 0 Å². The Hall–Kier alpha value is -5.72. The summed E-state index contributed by atoms with van der Waals surface area (Å²) < 4.78 is 0. The number of urea groups is 1. The largest absolute Gasteiger partial charge is 0.368 e. The van der Waals surface area contributed by atoms with E-state index in [1.54, 1.807) is 9.80 Å². The monoisotopic (exact) mass is 669 g/mol. The summed E-state index contributed by atoms with van der Waals surface area (Å²) in [5.74, 6) is -3.71. The molecule has 4 rings (SSSR count). The van der Waals surface area contributed by atoms with Gasteiger partial charge in [0.2, 0.25) is 17.7 Å². The molecule has 0 unspecified atom stereocenters. The van der Waals surface area contributed by atoms with Crippen molar-refractivity contribution in [1.29, 1.82) is 0 Å². The number of primary amides is 1. The van der Waals surface area contributed by atoms with Crippen LogP contribution in [0.1, 0.15) is 44.2 Å². The minimum atomic E-state index is -1.15. The molecule has 3 aromatic carbocycles. The fraction of sp³-hybridized carbons (Fsp3) is 0.333. The lowest BCUT2D eigenvalue weighted by Crippen LogP contribution is -2.57. The number of carbonyl (C=O) groups is 6. The van der Waals surface area contributed by atoms with Gasteiger partial charge in [-0.3, -0.25) is 29.4 Å². The second kappa shape index (κ2) is 17.4. The Morgan fingerprint density at radius 2 is 1.39 bits per heavy atom. The Bertz CT molecular complexity index is 1680. The molecule has 258 valence electrons.